The molecule has 2 fully saturated rings. The number of hydrogen-bond acceptors (Lipinski definition) is 4. The third kappa shape index (κ3) is 4.20. The van der Waals surface area contributed by atoms with Gasteiger partial charge in [0.1, 0.15) is 0 Å². The SMILES string of the molecule is C#CCNC(=O)CCC1CNC(=O)C2CC(NCc3cn(C)c4ccccc34)CN12. The zero-order chi connectivity index (χ0) is 21.1. The highest BCUT2D eigenvalue weighted by Gasteiger charge is 2.43. The zero-order valence-corrected chi connectivity index (χ0v) is 17.4. The molecule has 0 saturated carbocycles. The molecule has 2 amide bonds. The Balaban J connectivity index is 1.36. The summed E-state index contributed by atoms with van der Waals surface area (Å²) < 4.78 is 2.15. The molecule has 0 aliphatic carbocycles. The van der Waals surface area contributed by atoms with Crippen molar-refractivity contribution in [3.05, 3.63) is 36.0 Å². The molecule has 3 heterocycles. The number of fused-ring (bicyclic) bond motifs is 2. The van der Waals surface area contributed by atoms with Gasteiger partial charge in [-0.1, -0.05) is 24.1 Å². The summed E-state index contributed by atoms with van der Waals surface area (Å²) in [5.41, 5.74) is 2.49. The number of nitrogens with zero attached hydrogens (tertiary/aromatic N) is 2. The van der Waals surface area contributed by atoms with Gasteiger partial charge >= 0.3 is 0 Å². The van der Waals surface area contributed by atoms with Crippen molar-refractivity contribution in [2.24, 2.45) is 7.05 Å². The van der Waals surface area contributed by atoms with Crippen LogP contribution in [0.5, 0.6) is 0 Å². The predicted octanol–water partition coefficient (Wildman–Crippen LogP) is 0.739. The summed E-state index contributed by atoms with van der Waals surface area (Å²) >= 11 is 0. The van der Waals surface area contributed by atoms with Crippen molar-refractivity contribution in [2.75, 3.05) is 19.6 Å². The molecule has 3 N–H and O–H groups in total. The fraction of sp³-hybridized carbons (Fsp3) is 0.478. The zero-order valence-electron chi connectivity index (χ0n) is 17.4. The first kappa shape index (κ1) is 20.5. The van der Waals surface area contributed by atoms with Crippen LogP contribution in [-0.2, 0) is 23.2 Å². The molecule has 2 aliphatic heterocycles. The quantitative estimate of drug-likeness (QED) is 0.592. The molecule has 2 aliphatic rings. The van der Waals surface area contributed by atoms with Crippen LogP contribution in [0.25, 0.3) is 10.9 Å². The Bertz CT molecular complexity index is 976. The Labute approximate surface area is 177 Å². The van der Waals surface area contributed by atoms with Crippen LogP contribution in [0.15, 0.2) is 30.5 Å². The van der Waals surface area contributed by atoms with Crippen molar-refractivity contribution in [1.82, 2.24) is 25.4 Å². The summed E-state index contributed by atoms with van der Waals surface area (Å²) in [4.78, 5) is 26.6. The molecule has 7 heteroatoms. The Kier molecular flexibility index (Phi) is 6.07. The molecule has 0 radical (unpaired) electrons. The van der Waals surface area contributed by atoms with Gasteiger partial charge in [0, 0.05) is 62.3 Å². The van der Waals surface area contributed by atoms with Gasteiger partial charge < -0.3 is 20.5 Å². The van der Waals surface area contributed by atoms with Crippen LogP contribution in [0.3, 0.4) is 0 Å². The van der Waals surface area contributed by atoms with Gasteiger partial charge in [-0.05, 0) is 24.5 Å². The summed E-state index contributed by atoms with van der Waals surface area (Å²) in [5, 5.41) is 10.6. The van der Waals surface area contributed by atoms with Gasteiger partial charge in [0.25, 0.3) is 0 Å². The minimum Gasteiger partial charge on any atom is -0.353 e. The Morgan fingerprint density at radius 2 is 2.20 bits per heavy atom. The van der Waals surface area contributed by atoms with Crippen molar-refractivity contribution < 1.29 is 9.59 Å². The number of carbonyl (C=O) groups is 2. The number of carbonyl (C=O) groups excluding carboxylic acids is 2. The largest absolute Gasteiger partial charge is 0.353 e. The molecule has 1 aromatic heterocycles. The van der Waals surface area contributed by atoms with E-state index in [4.69, 9.17) is 6.42 Å². The fourth-order valence-electron chi connectivity index (χ4n) is 4.75. The van der Waals surface area contributed by atoms with E-state index < -0.39 is 0 Å². The van der Waals surface area contributed by atoms with Crippen LogP contribution in [0.1, 0.15) is 24.8 Å². The first-order chi connectivity index (χ1) is 14.6. The standard InChI is InChI=1S/C23H29N5O2/c1-3-10-24-22(29)9-8-18-13-26-23(30)21-11-17(15-28(18)21)25-12-16-14-27(2)20-7-5-4-6-19(16)20/h1,4-7,14,17-18,21,25H,8-13,15H2,2H3,(H,24,29)(H,26,30). The van der Waals surface area contributed by atoms with E-state index >= 15 is 0 Å². The number of hydrogen-bond donors (Lipinski definition) is 3. The monoisotopic (exact) mass is 407 g/mol. The van der Waals surface area contributed by atoms with E-state index in [-0.39, 0.29) is 36.5 Å². The highest BCUT2D eigenvalue weighted by Crippen LogP contribution is 2.27. The molecule has 2 aromatic rings. The van der Waals surface area contributed by atoms with Gasteiger partial charge in [0.2, 0.25) is 11.8 Å². The Morgan fingerprint density at radius 3 is 3.03 bits per heavy atom. The Morgan fingerprint density at radius 1 is 1.37 bits per heavy atom. The van der Waals surface area contributed by atoms with Crippen molar-refractivity contribution >= 4 is 22.7 Å². The van der Waals surface area contributed by atoms with Crippen LogP contribution in [0.4, 0.5) is 0 Å². The van der Waals surface area contributed by atoms with Crippen LogP contribution in [-0.4, -0.2) is 59.0 Å². The summed E-state index contributed by atoms with van der Waals surface area (Å²) in [6.45, 7) is 2.44. The van der Waals surface area contributed by atoms with Gasteiger partial charge in [-0.25, -0.2) is 0 Å². The smallest absolute Gasteiger partial charge is 0.237 e. The molecular formula is C23H29N5O2. The summed E-state index contributed by atoms with van der Waals surface area (Å²) in [6, 6.07) is 8.70. The highest BCUT2D eigenvalue weighted by atomic mass is 16.2. The summed E-state index contributed by atoms with van der Waals surface area (Å²) in [5.74, 6) is 2.48. The topological polar surface area (TPSA) is 78.4 Å². The van der Waals surface area contributed by atoms with E-state index in [9.17, 15) is 9.59 Å². The number of para-hydroxylation sites is 1. The second-order valence-electron chi connectivity index (χ2n) is 8.23. The number of aryl methyl sites for hydroxylation is 1. The molecule has 2 saturated heterocycles. The fourth-order valence-corrected chi connectivity index (χ4v) is 4.75. The second-order valence-corrected chi connectivity index (χ2v) is 8.23. The number of aromatic nitrogens is 1. The van der Waals surface area contributed by atoms with E-state index in [1.807, 2.05) is 0 Å². The summed E-state index contributed by atoms with van der Waals surface area (Å²) in [7, 11) is 2.07. The molecule has 3 unspecified atom stereocenters. The molecule has 158 valence electrons. The average molecular weight is 408 g/mol. The first-order valence-corrected chi connectivity index (χ1v) is 10.6. The number of terminal acetylenes is 1. The third-order valence-corrected chi connectivity index (χ3v) is 6.28. The minimum atomic E-state index is -0.123. The molecule has 0 bridgehead atoms. The third-order valence-electron chi connectivity index (χ3n) is 6.28. The maximum atomic E-state index is 12.4. The van der Waals surface area contributed by atoms with Gasteiger partial charge in [0.15, 0.2) is 0 Å². The van der Waals surface area contributed by atoms with Gasteiger partial charge in [0.05, 0.1) is 12.6 Å². The van der Waals surface area contributed by atoms with Crippen LogP contribution >= 0.6 is 0 Å². The van der Waals surface area contributed by atoms with Gasteiger partial charge in [-0.3, -0.25) is 14.5 Å². The number of benzene rings is 1. The lowest BCUT2D eigenvalue weighted by atomic mass is 10.0. The maximum Gasteiger partial charge on any atom is 0.237 e. The molecule has 1 aromatic carbocycles. The van der Waals surface area contributed by atoms with Crippen LogP contribution in [0.2, 0.25) is 0 Å². The van der Waals surface area contributed by atoms with E-state index in [2.05, 4.69) is 68.8 Å². The number of piperazine rings is 1. The maximum absolute atomic E-state index is 12.4. The predicted molar refractivity (Wildman–Crippen MR) is 117 cm³/mol. The average Bonchev–Trinajstić information content (AvgIpc) is 3.33. The van der Waals surface area contributed by atoms with Crippen molar-refractivity contribution in [3.63, 3.8) is 0 Å². The van der Waals surface area contributed by atoms with E-state index in [1.54, 1.807) is 0 Å². The van der Waals surface area contributed by atoms with Crippen molar-refractivity contribution in [3.8, 4) is 12.3 Å². The molecular weight excluding hydrogens is 378 g/mol. The molecule has 30 heavy (non-hydrogen) atoms. The minimum absolute atomic E-state index is 0.0359. The van der Waals surface area contributed by atoms with Gasteiger partial charge in [-0.15, -0.1) is 6.42 Å². The Hall–Kier alpha value is -2.82. The van der Waals surface area contributed by atoms with E-state index in [1.165, 1.54) is 16.5 Å². The highest BCUT2D eigenvalue weighted by molar-refractivity contribution is 5.84. The lowest BCUT2D eigenvalue weighted by molar-refractivity contribution is -0.129. The van der Waals surface area contributed by atoms with Crippen molar-refractivity contribution in [2.45, 2.75) is 43.9 Å². The first-order valence-electron chi connectivity index (χ1n) is 10.6. The van der Waals surface area contributed by atoms with E-state index in [0.29, 0.717) is 19.4 Å². The molecule has 7 nitrogen and oxygen atoms in total. The molecule has 3 atom stereocenters. The van der Waals surface area contributed by atoms with Crippen molar-refractivity contribution in [1.29, 1.82) is 0 Å². The lowest BCUT2D eigenvalue weighted by Gasteiger charge is -2.37. The second kappa shape index (κ2) is 8.90. The van der Waals surface area contributed by atoms with Crippen LogP contribution < -0.4 is 16.0 Å². The number of rotatable bonds is 7. The lowest BCUT2D eigenvalue weighted by Crippen LogP contribution is -2.58. The number of nitrogens with one attached hydrogen (secondary N) is 3. The normalized spacial score (nSPS) is 23.7. The summed E-state index contributed by atoms with van der Waals surface area (Å²) in [6.07, 6.45) is 9.28. The molecule has 4 rings (SSSR count). The van der Waals surface area contributed by atoms with Gasteiger partial charge in [-0.2, -0.15) is 0 Å². The van der Waals surface area contributed by atoms with E-state index in [0.717, 1.165) is 19.5 Å². The number of amides is 2. The molecule has 0 spiro atoms. The van der Waals surface area contributed by atoms with Crippen LogP contribution in [0, 0.1) is 12.3 Å².